The lowest BCUT2D eigenvalue weighted by atomic mass is 10.3. The van der Waals surface area contributed by atoms with Crippen molar-refractivity contribution in [3.8, 4) is 11.8 Å². The number of nitrogens with one attached hydrogen (secondary N) is 2. The number of ether oxygens (including phenoxy) is 1. The summed E-state index contributed by atoms with van der Waals surface area (Å²) in [5.74, 6) is 6.85. The summed E-state index contributed by atoms with van der Waals surface area (Å²) in [5, 5.41) is 6.03. The Morgan fingerprint density at radius 1 is 1.44 bits per heavy atom. The fourth-order valence-corrected chi connectivity index (χ4v) is 2.86. The highest BCUT2D eigenvalue weighted by Gasteiger charge is 2.20. The summed E-state index contributed by atoms with van der Waals surface area (Å²) in [7, 11) is 0. The van der Waals surface area contributed by atoms with E-state index >= 15 is 0 Å². The molecule has 2 amide bonds. The van der Waals surface area contributed by atoms with Gasteiger partial charge in [-0.25, -0.2) is 9.78 Å². The van der Waals surface area contributed by atoms with Crippen molar-refractivity contribution in [2.75, 3.05) is 25.1 Å². The SMILES string of the molecule is Cc1nc(NC(=O)NCCOCC2CC2)sc1C#Cc1cccnc1. The van der Waals surface area contributed by atoms with E-state index in [1.807, 2.05) is 19.1 Å². The Hall–Kier alpha value is -2.43. The maximum Gasteiger partial charge on any atom is 0.321 e. The number of carbonyl (C=O) groups excluding carboxylic acids is 1. The molecule has 1 aliphatic rings. The smallest absolute Gasteiger partial charge is 0.321 e. The standard InChI is InChI=1S/C18H20N4O2S/c1-13-16(7-6-14-3-2-8-19-11-14)25-18(21-13)22-17(23)20-9-10-24-12-15-4-5-15/h2-3,8,11,15H,4-5,9-10,12H2,1H3,(H2,20,21,22,23). The maximum atomic E-state index is 11.9. The Balaban J connectivity index is 1.46. The zero-order valence-corrected chi connectivity index (χ0v) is 14.9. The lowest BCUT2D eigenvalue weighted by Crippen LogP contribution is -2.31. The minimum absolute atomic E-state index is 0.282. The zero-order valence-electron chi connectivity index (χ0n) is 14.0. The molecule has 1 fully saturated rings. The highest BCUT2D eigenvalue weighted by atomic mass is 32.1. The molecule has 6 nitrogen and oxygen atoms in total. The van der Waals surface area contributed by atoms with Crippen molar-refractivity contribution in [3.05, 3.63) is 40.7 Å². The molecule has 0 unspecified atom stereocenters. The maximum absolute atomic E-state index is 11.9. The molecule has 2 heterocycles. The molecule has 0 atom stereocenters. The van der Waals surface area contributed by atoms with Crippen molar-refractivity contribution < 1.29 is 9.53 Å². The molecule has 2 aromatic rings. The van der Waals surface area contributed by atoms with Gasteiger partial charge in [0, 0.05) is 31.1 Å². The largest absolute Gasteiger partial charge is 0.379 e. The van der Waals surface area contributed by atoms with Gasteiger partial charge in [-0.05, 0) is 43.7 Å². The van der Waals surface area contributed by atoms with Crippen molar-refractivity contribution in [2.45, 2.75) is 19.8 Å². The number of rotatable bonds is 6. The third-order valence-electron chi connectivity index (χ3n) is 3.58. The van der Waals surface area contributed by atoms with Crippen LogP contribution in [0.1, 0.15) is 29.0 Å². The molecule has 2 N–H and O–H groups in total. The molecule has 25 heavy (non-hydrogen) atoms. The Kier molecular flexibility index (Phi) is 5.99. The number of urea groups is 1. The molecule has 0 saturated heterocycles. The molecule has 0 spiro atoms. The number of pyridine rings is 1. The second-order valence-electron chi connectivity index (χ2n) is 5.82. The number of hydrogen-bond donors (Lipinski definition) is 2. The van der Waals surface area contributed by atoms with Gasteiger partial charge in [0.25, 0.3) is 0 Å². The van der Waals surface area contributed by atoms with Crippen LogP contribution in [0.3, 0.4) is 0 Å². The summed E-state index contributed by atoms with van der Waals surface area (Å²) in [6, 6.07) is 3.46. The topological polar surface area (TPSA) is 76.1 Å². The normalized spacial score (nSPS) is 13.0. The number of nitrogens with zero attached hydrogens (tertiary/aromatic N) is 2. The third kappa shape index (κ3) is 5.85. The zero-order chi connectivity index (χ0) is 17.5. The van der Waals surface area contributed by atoms with Gasteiger partial charge >= 0.3 is 6.03 Å². The first-order valence-corrected chi connectivity index (χ1v) is 9.04. The van der Waals surface area contributed by atoms with E-state index in [1.165, 1.54) is 24.2 Å². The van der Waals surface area contributed by atoms with Crippen molar-refractivity contribution >= 4 is 22.5 Å². The number of anilines is 1. The molecule has 0 bridgehead atoms. The van der Waals surface area contributed by atoms with Crippen molar-refractivity contribution in [2.24, 2.45) is 5.92 Å². The summed E-state index contributed by atoms with van der Waals surface area (Å²) in [6.45, 7) is 3.69. The van der Waals surface area contributed by atoms with E-state index in [2.05, 4.69) is 32.4 Å². The van der Waals surface area contributed by atoms with E-state index in [0.29, 0.717) is 18.3 Å². The van der Waals surface area contributed by atoms with E-state index in [1.54, 1.807) is 12.4 Å². The summed E-state index contributed by atoms with van der Waals surface area (Å²) < 4.78 is 5.48. The van der Waals surface area contributed by atoms with Crippen LogP contribution in [0.4, 0.5) is 9.93 Å². The molecule has 0 aromatic carbocycles. The monoisotopic (exact) mass is 356 g/mol. The summed E-state index contributed by atoms with van der Waals surface area (Å²) in [6.07, 6.45) is 5.95. The van der Waals surface area contributed by atoms with Gasteiger partial charge in [-0.3, -0.25) is 10.3 Å². The van der Waals surface area contributed by atoms with Crippen LogP contribution in [-0.2, 0) is 4.74 Å². The molecule has 2 aromatic heterocycles. The molecular formula is C18H20N4O2S. The van der Waals surface area contributed by atoms with Gasteiger partial charge in [-0.2, -0.15) is 0 Å². The van der Waals surface area contributed by atoms with Crippen LogP contribution >= 0.6 is 11.3 Å². The highest BCUT2D eigenvalue weighted by molar-refractivity contribution is 7.16. The Bertz CT molecular complexity index is 775. The predicted molar refractivity (Wildman–Crippen MR) is 97.6 cm³/mol. The Morgan fingerprint density at radius 2 is 2.32 bits per heavy atom. The number of thiazole rings is 1. The lowest BCUT2D eigenvalue weighted by Gasteiger charge is -2.05. The number of carbonyl (C=O) groups is 1. The summed E-state index contributed by atoms with van der Waals surface area (Å²) in [4.78, 5) is 21.1. The molecule has 0 aliphatic heterocycles. The minimum Gasteiger partial charge on any atom is -0.379 e. The summed E-state index contributed by atoms with van der Waals surface area (Å²) >= 11 is 1.35. The van der Waals surface area contributed by atoms with Crippen molar-refractivity contribution in [3.63, 3.8) is 0 Å². The van der Waals surface area contributed by atoms with Crippen molar-refractivity contribution in [1.29, 1.82) is 0 Å². The molecule has 7 heteroatoms. The fraction of sp³-hybridized carbons (Fsp3) is 0.389. The molecule has 0 radical (unpaired) electrons. The van der Waals surface area contributed by atoms with Gasteiger partial charge in [-0.15, -0.1) is 0 Å². The number of hydrogen-bond acceptors (Lipinski definition) is 5. The van der Waals surface area contributed by atoms with E-state index < -0.39 is 0 Å². The first-order chi connectivity index (χ1) is 12.2. The highest BCUT2D eigenvalue weighted by Crippen LogP contribution is 2.28. The molecule has 3 rings (SSSR count). The van der Waals surface area contributed by atoms with Crippen molar-refractivity contribution in [1.82, 2.24) is 15.3 Å². The van der Waals surface area contributed by atoms with Gasteiger partial charge < -0.3 is 10.1 Å². The van der Waals surface area contributed by atoms with Crippen LogP contribution in [-0.4, -0.2) is 35.8 Å². The van der Waals surface area contributed by atoms with E-state index in [9.17, 15) is 4.79 Å². The molecule has 1 aliphatic carbocycles. The van der Waals surface area contributed by atoms with Crippen LogP contribution in [0.15, 0.2) is 24.5 Å². The predicted octanol–water partition coefficient (Wildman–Crippen LogP) is 2.79. The Labute approximate surface area is 151 Å². The molecule has 1 saturated carbocycles. The van der Waals surface area contributed by atoms with Crippen LogP contribution in [0.5, 0.6) is 0 Å². The van der Waals surface area contributed by atoms with Crippen LogP contribution in [0.2, 0.25) is 0 Å². The van der Waals surface area contributed by atoms with Gasteiger partial charge in [0.15, 0.2) is 5.13 Å². The van der Waals surface area contributed by atoms with Crippen LogP contribution in [0, 0.1) is 24.7 Å². The van der Waals surface area contributed by atoms with E-state index in [-0.39, 0.29) is 6.03 Å². The minimum atomic E-state index is -0.282. The van der Waals surface area contributed by atoms with Gasteiger partial charge in [-0.1, -0.05) is 17.3 Å². The third-order valence-corrected chi connectivity index (χ3v) is 4.57. The number of aromatic nitrogens is 2. The van der Waals surface area contributed by atoms with Gasteiger partial charge in [0.05, 0.1) is 12.3 Å². The summed E-state index contributed by atoms with van der Waals surface area (Å²) in [5.41, 5.74) is 1.64. The van der Waals surface area contributed by atoms with E-state index in [4.69, 9.17) is 4.74 Å². The average Bonchev–Trinajstić information content (AvgIpc) is 3.37. The Morgan fingerprint density at radius 3 is 3.08 bits per heavy atom. The second-order valence-corrected chi connectivity index (χ2v) is 6.82. The lowest BCUT2D eigenvalue weighted by molar-refractivity contribution is 0.127. The average molecular weight is 356 g/mol. The quantitative estimate of drug-likeness (QED) is 0.616. The van der Waals surface area contributed by atoms with E-state index in [0.717, 1.165) is 28.7 Å². The van der Waals surface area contributed by atoms with Crippen LogP contribution in [0.25, 0.3) is 0 Å². The number of amides is 2. The van der Waals surface area contributed by atoms with Crippen LogP contribution < -0.4 is 10.6 Å². The second kappa shape index (κ2) is 8.60. The van der Waals surface area contributed by atoms with Gasteiger partial charge in [0.2, 0.25) is 0 Å². The fourth-order valence-electron chi connectivity index (χ4n) is 2.04. The first kappa shape index (κ1) is 17.4. The number of aryl methyl sites for hydroxylation is 1. The molecular weight excluding hydrogens is 336 g/mol. The van der Waals surface area contributed by atoms with Gasteiger partial charge in [0.1, 0.15) is 4.88 Å². The molecule has 130 valence electrons. The first-order valence-electron chi connectivity index (χ1n) is 8.23.